The van der Waals surface area contributed by atoms with Crippen molar-refractivity contribution in [2.45, 2.75) is 12.5 Å². The third-order valence-electron chi connectivity index (χ3n) is 2.39. The molecule has 1 atom stereocenters. The van der Waals surface area contributed by atoms with Crippen molar-refractivity contribution in [1.29, 1.82) is 0 Å². The lowest BCUT2D eigenvalue weighted by atomic mass is 10.2. The fraction of sp³-hybridized carbons (Fsp3) is 0.333. The number of aliphatic carboxylic acids is 1. The van der Waals surface area contributed by atoms with Crippen LogP contribution in [0.5, 0.6) is 0 Å². The molecule has 1 aromatic rings. The summed E-state index contributed by atoms with van der Waals surface area (Å²) in [6.45, 7) is 0. The molecule has 5 nitrogen and oxygen atoms in total. The number of rotatable bonds is 6. The van der Waals surface area contributed by atoms with Gasteiger partial charge in [-0.2, -0.15) is 11.8 Å². The molecule has 0 heterocycles. The van der Waals surface area contributed by atoms with Crippen LogP contribution in [0.4, 0.5) is 19.3 Å². The van der Waals surface area contributed by atoms with Crippen molar-refractivity contribution in [3.05, 3.63) is 29.8 Å². The van der Waals surface area contributed by atoms with Crippen LogP contribution >= 0.6 is 11.8 Å². The van der Waals surface area contributed by atoms with E-state index in [-0.39, 0.29) is 12.1 Å². The number of benzene rings is 1. The number of carbonyl (C=O) groups is 2. The predicted octanol–water partition coefficient (Wildman–Crippen LogP) is 2.29. The maximum Gasteiger partial charge on any atom is 0.326 e. The Morgan fingerprint density at radius 1 is 1.35 bits per heavy atom. The summed E-state index contributed by atoms with van der Waals surface area (Å²) in [6, 6.07) is 1.03. The molecule has 1 aromatic carbocycles. The topological polar surface area (TPSA) is 78.4 Å². The van der Waals surface area contributed by atoms with Crippen molar-refractivity contribution < 1.29 is 23.5 Å². The summed E-state index contributed by atoms with van der Waals surface area (Å²) in [5.41, 5.74) is 0.0374. The Balaban J connectivity index is 2.60. The van der Waals surface area contributed by atoms with Gasteiger partial charge in [-0.1, -0.05) is 0 Å². The number of carbonyl (C=O) groups excluding carboxylic acids is 1. The molecule has 0 aliphatic heterocycles. The highest BCUT2D eigenvalue weighted by Gasteiger charge is 2.19. The van der Waals surface area contributed by atoms with Crippen LogP contribution < -0.4 is 10.6 Å². The molecule has 110 valence electrons. The van der Waals surface area contributed by atoms with Crippen LogP contribution in [0.15, 0.2) is 18.2 Å². The molecule has 1 rings (SSSR count). The van der Waals surface area contributed by atoms with Crippen molar-refractivity contribution >= 4 is 29.4 Å². The fourth-order valence-electron chi connectivity index (χ4n) is 1.39. The zero-order valence-electron chi connectivity index (χ0n) is 10.7. The number of urea groups is 1. The van der Waals surface area contributed by atoms with Crippen LogP contribution in [0.1, 0.15) is 6.42 Å². The van der Waals surface area contributed by atoms with Gasteiger partial charge in [-0.25, -0.2) is 18.4 Å². The summed E-state index contributed by atoms with van der Waals surface area (Å²) in [6.07, 6.45) is 2.09. The molecular formula is C12H14F2N2O3S. The summed E-state index contributed by atoms with van der Waals surface area (Å²) in [5.74, 6) is -2.71. The average Bonchev–Trinajstić information content (AvgIpc) is 2.38. The number of amides is 2. The Morgan fingerprint density at radius 2 is 2.05 bits per heavy atom. The number of anilines is 1. The number of halogens is 2. The average molecular weight is 304 g/mol. The molecule has 0 unspecified atom stereocenters. The summed E-state index contributed by atoms with van der Waals surface area (Å²) in [7, 11) is 0. The molecule has 0 saturated carbocycles. The number of carboxylic acids is 1. The highest BCUT2D eigenvalue weighted by Crippen LogP contribution is 2.13. The first-order valence-electron chi connectivity index (χ1n) is 5.68. The second kappa shape index (κ2) is 7.68. The number of carboxylic acid groups (broad SMARTS) is 1. The summed E-state index contributed by atoms with van der Waals surface area (Å²) >= 11 is 1.46. The number of hydrogen-bond donors (Lipinski definition) is 3. The fourth-order valence-corrected chi connectivity index (χ4v) is 1.86. The van der Waals surface area contributed by atoms with E-state index in [1.165, 1.54) is 17.8 Å². The highest BCUT2D eigenvalue weighted by atomic mass is 32.2. The maximum atomic E-state index is 12.9. The van der Waals surface area contributed by atoms with E-state index in [9.17, 15) is 18.4 Å². The van der Waals surface area contributed by atoms with Gasteiger partial charge in [0.15, 0.2) is 11.6 Å². The van der Waals surface area contributed by atoms with Crippen molar-refractivity contribution in [3.63, 3.8) is 0 Å². The zero-order valence-corrected chi connectivity index (χ0v) is 11.5. The van der Waals surface area contributed by atoms with Crippen molar-refractivity contribution in [2.75, 3.05) is 17.3 Å². The minimum Gasteiger partial charge on any atom is -0.480 e. The highest BCUT2D eigenvalue weighted by molar-refractivity contribution is 7.98. The smallest absolute Gasteiger partial charge is 0.326 e. The molecule has 0 saturated heterocycles. The van der Waals surface area contributed by atoms with Gasteiger partial charge in [-0.05, 0) is 30.6 Å². The first-order chi connectivity index (χ1) is 9.43. The number of nitrogens with one attached hydrogen (secondary N) is 2. The lowest BCUT2D eigenvalue weighted by Crippen LogP contribution is -2.43. The van der Waals surface area contributed by atoms with E-state index in [1.807, 2.05) is 6.26 Å². The van der Waals surface area contributed by atoms with E-state index in [0.717, 1.165) is 12.1 Å². The first kappa shape index (κ1) is 16.2. The zero-order chi connectivity index (χ0) is 15.1. The number of hydrogen-bond acceptors (Lipinski definition) is 3. The summed E-state index contributed by atoms with van der Waals surface area (Å²) in [4.78, 5) is 22.5. The van der Waals surface area contributed by atoms with Gasteiger partial charge < -0.3 is 15.7 Å². The van der Waals surface area contributed by atoms with Crippen LogP contribution in [0.3, 0.4) is 0 Å². The second-order valence-electron chi connectivity index (χ2n) is 3.90. The van der Waals surface area contributed by atoms with E-state index >= 15 is 0 Å². The SMILES string of the molecule is CSCC[C@@H](NC(=O)Nc1ccc(F)c(F)c1)C(=O)O. The van der Waals surface area contributed by atoms with Crippen molar-refractivity contribution in [1.82, 2.24) is 5.32 Å². The van der Waals surface area contributed by atoms with Crippen molar-refractivity contribution in [2.24, 2.45) is 0 Å². The molecule has 0 fully saturated rings. The van der Waals surface area contributed by atoms with Crippen molar-refractivity contribution in [3.8, 4) is 0 Å². The quantitative estimate of drug-likeness (QED) is 0.753. The molecule has 3 N–H and O–H groups in total. The molecule has 8 heteroatoms. The van der Waals surface area contributed by atoms with Gasteiger partial charge in [-0.15, -0.1) is 0 Å². The predicted molar refractivity (Wildman–Crippen MR) is 72.9 cm³/mol. The van der Waals surface area contributed by atoms with Gasteiger partial charge in [0, 0.05) is 11.8 Å². The Labute approximate surface area is 118 Å². The normalized spacial score (nSPS) is 11.8. The molecule has 0 radical (unpaired) electrons. The van der Waals surface area contributed by atoms with Gasteiger partial charge in [0.2, 0.25) is 0 Å². The summed E-state index contributed by atoms with van der Waals surface area (Å²) in [5, 5.41) is 13.4. The summed E-state index contributed by atoms with van der Waals surface area (Å²) < 4.78 is 25.7. The Bertz CT molecular complexity index is 500. The van der Waals surface area contributed by atoms with Gasteiger partial charge in [0.1, 0.15) is 6.04 Å². The van der Waals surface area contributed by atoms with Crippen LogP contribution in [0.2, 0.25) is 0 Å². The minimum absolute atomic E-state index is 0.0374. The first-order valence-corrected chi connectivity index (χ1v) is 7.07. The van der Waals surface area contributed by atoms with Gasteiger partial charge in [0.05, 0.1) is 0 Å². The lowest BCUT2D eigenvalue weighted by molar-refractivity contribution is -0.139. The maximum absolute atomic E-state index is 12.9. The van der Waals surface area contributed by atoms with Crippen LogP contribution in [-0.2, 0) is 4.79 Å². The van der Waals surface area contributed by atoms with Gasteiger partial charge in [0.25, 0.3) is 0 Å². The van der Waals surface area contributed by atoms with E-state index < -0.39 is 29.7 Å². The molecule has 0 aromatic heterocycles. The second-order valence-corrected chi connectivity index (χ2v) is 4.89. The lowest BCUT2D eigenvalue weighted by Gasteiger charge is -2.14. The Morgan fingerprint density at radius 3 is 2.60 bits per heavy atom. The molecule has 0 aliphatic rings. The Kier molecular flexibility index (Phi) is 6.23. The van der Waals surface area contributed by atoms with Crippen LogP contribution in [-0.4, -0.2) is 35.2 Å². The van der Waals surface area contributed by atoms with E-state index in [2.05, 4.69) is 10.6 Å². The Hall–Kier alpha value is -1.83. The van der Waals surface area contributed by atoms with E-state index in [1.54, 1.807) is 0 Å². The van der Waals surface area contributed by atoms with Gasteiger partial charge >= 0.3 is 12.0 Å². The standard InChI is InChI=1S/C12H14F2N2O3S/c1-20-5-4-10(11(17)18)16-12(19)15-7-2-3-8(13)9(14)6-7/h2-3,6,10H,4-5H2,1H3,(H,17,18)(H2,15,16,19)/t10-/m1/s1. The molecule has 0 bridgehead atoms. The van der Waals surface area contributed by atoms with Crippen LogP contribution in [0.25, 0.3) is 0 Å². The third-order valence-corrected chi connectivity index (χ3v) is 3.04. The molecule has 0 spiro atoms. The molecule has 20 heavy (non-hydrogen) atoms. The van der Waals surface area contributed by atoms with Gasteiger partial charge in [-0.3, -0.25) is 0 Å². The monoisotopic (exact) mass is 304 g/mol. The van der Waals surface area contributed by atoms with E-state index in [0.29, 0.717) is 5.75 Å². The van der Waals surface area contributed by atoms with E-state index in [4.69, 9.17) is 5.11 Å². The molecular weight excluding hydrogens is 290 g/mol. The third kappa shape index (κ3) is 5.04. The molecule has 2 amide bonds. The minimum atomic E-state index is -1.15. The largest absolute Gasteiger partial charge is 0.480 e. The molecule has 0 aliphatic carbocycles. The van der Waals surface area contributed by atoms with Crippen LogP contribution in [0, 0.1) is 11.6 Å². The number of thioether (sulfide) groups is 1.